The molecule has 1 aliphatic heterocycles. The van der Waals surface area contributed by atoms with Gasteiger partial charge < -0.3 is 52.1 Å². The van der Waals surface area contributed by atoms with Gasteiger partial charge in [0.15, 0.2) is 0 Å². The number of nitrogens with zero attached hydrogens (tertiary/aromatic N) is 1. The summed E-state index contributed by atoms with van der Waals surface area (Å²) in [6.45, 7) is 10.3. The van der Waals surface area contributed by atoms with Gasteiger partial charge in [-0.3, -0.25) is 52.7 Å². The van der Waals surface area contributed by atoms with Gasteiger partial charge in [0, 0.05) is 26.3 Å². The third kappa shape index (κ3) is 16.2. The number of nitrogens with one attached hydrogen (secondary N) is 6. The first kappa shape index (κ1) is 49.4. The van der Waals surface area contributed by atoms with Gasteiger partial charge in [0.05, 0.1) is 6.04 Å². The van der Waals surface area contributed by atoms with E-state index in [1.165, 1.54) is 4.90 Å². The Bertz CT molecular complexity index is 1530. The minimum Gasteiger partial charge on any atom is -0.481 e. The van der Waals surface area contributed by atoms with E-state index in [4.69, 9.17) is 10.2 Å². The average Bonchev–Trinajstić information content (AvgIpc) is 3.51. The molecule has 21 heteroatoms. The van der Waals surface area contributed by atoms with Crippen LogP contribution in [0.15, 0.2) is 0 Å². The highest BCUT2D eigenvalue weighted by Crippen LogP contribution is 2.26. The van der Waals surface area contributed by atoms with Crippen molar-refractivity contribution in [2.24, 2.45) is 17.8 Å². The minimum atomic E-state index is -1.54. The van der Waals surface area contributed by atoms with E-state index in [1.54, 1.807) is 41.5 Å². The molecule has 1 unspecified atom stereocenters. The molecule has 0 aromatic heterocycles. The summed E-state index contributed by atoms with van der Waals surface area (Å²) < 4.78 is 0. The van der Waals surface area contributed by atoms with Crippen LogP contribution < -0.4 is 31.9 Å². The summed E-state index contributed by atoms with van der Waals surface area (Å²) in [6, 6.07) is -7.90. The van der Waals surface area contributed by atoms with E-state index < -0.39 is 145 Å². The summed E-state index contributed by atoms with van der Waals surface area (Å²) in [6.07, 6.45) is -1.07. The molecule has 320 valence electrons. The van der Waals surface area contributed by atoms with Crippen molar-refractivity contribution in [1.29, 1.82) is 0 Å². The van der Waals surface area contributed by atoms with Crippen LogP contribution in [0, 0.1) is 17.8 Å². The molecule has 7 atom stereocenters. The Morgan fingerprint density at radius 1 is 0.649 bits per heavy atom. The zero-order valence-corrected chi connectivity index (χ0v) is 33.3. The first-order chi connectivity index (χ1) is 26.5. The van der Waals surface area contributed by atoms with E-state index in [9.17, 15) is 57.8 Å². The maximum absolute atomic E-state index is 14.1. The van der Waals surface area contributed by atoms with Crippen LogP contribution in [-0.2, 0) is 52.7 Å². The van der Waals surface area contributed by atoms with Gasteiger partial charge in [-0.25, -0.2) is 0 Å². The lowest BCUT2D eigenvalue weighted by atomic mass is 9.97. The smallest absolute Gasteiger partial charge is 0.322 e. The predicted octanol–water partition coefficient (Wildman–Crippen LogP) is -1.72. The number of aliphatic carboxylic acids is 3. The second-order valence-electron chi connectivity index (χ2n) is 14.7. The van der Waals surface area contributed by atoms with Crippen LogP contribution in [0.4, 0.5) is 0 Å². The Labute approximate surface area is 330 Å². The molecule has 9 N–H and O–H groups in total. The maximum atomic E-state index is 14.1. The summed E-state index contributed by atoms with van der Waals surface area (Å²) in [7, 11) is 0. The van der Waals surface area contributed by atoms with Gasteiger partial charge in [0.1, 0.15) is 36.8 Å². The van der Waals surface area contributed by atoms with Crippen LogP contribution in [0.3, 0.4) is 0 Å². The monoisotopic (exact) mass is 811 g/mol. The van der Waals surface area contributed by atoms with E-state index in [2.05, 4.69) is 26.6 Å². The van der Waals surface area contributed by atoms with Crippen molar-refractivity contribution < 1.29 is 68.1 Å². The van der Waals surface area contributed by atoms with Crippen LogP contribution in [0.2, 0.25) is 0 Å². The van der Waals surface area contributed by atoms with Crippen LogP contribution in [-0.4, -0.2) is 135 Å². The second-order valence-corrected chi connectivity index (χ2v) is 14.7. The lowest BCUT2D eigenvalue weighted by molar-refractivity contribution is -0.145. The molecule has 7 amide bonds. The number of carboxylic acids is 3. The predicted molar refractivity (Wildman–Crippen MR) is 199 cm³/mol. The summed E-state index contributed by atoms with van der Waals surface area (Å²) in [5.41, 5.74) is 0. The van der Waals surface area contributed by atoms with Crippen molar-refractivity contribution in [3.8, 4) is 0 Å². The summed E-state index contributed by atoms with van der Waals surface area (Å²) in [5, 5.41) is 41.5. The number of ketones is 1. The van der Waals surface area contributed by atoms with Gasteiger partial charge >= 0.3 is 17.9 Å². The number of carboxylic acid groups (broad SMARTS) is 3. The molecule has 0 spiro atoms. The van der Waals surface area contributed by atoms with E-state index in [0.717, 1.165) is 6.92 Å². The molecule has 0 aliphatic carbocycles. The molecule has 1 heterocycles. The highest BCUT2D eigenvalue weighted by atomic mass is 16.4. The molecule has 0 aromatic rings. The fourth-order valence-corrected chi connectivity index (χ4v) is 6.12. The lowest BCUT2D eigenvalue weighted by Gasteiger charge is -2.33. The molecule has 1 saturated heterocycles. The van der Waals surface area contributed by atoms with E-state index in [-0.39, 0.29) is 19.4 Å². The highest BCUT2D eigenvalue weighted by molar-refractivity contribution is 6.38. The number of rotatable bonds is 24. The zero-order valence-electron chi connectivity index (χ0n) is 33.3. The largest absolute Gasteiger partial charge is 0.481 e. The van der Waals surface area contributed by atoms with Gasteiger partial charge in [0.25, 0.3) is 5.91 Å². The van der Waals surface area contributed by atoms with Gasteiger partial charge in [-0.1, -0.05) is 48.0 Å². The van der Waals surface area contributed by atoms with Crippen molar-refractivity contribution in [3.63, 3.8) is 0 Å². The molecular weight excluding hydrogens is 754 g/mol. The number of hydrogen-bond donors (Lipinski definition) is 9. The second kappa shape index (κ2) is 23.4. The normalized spacial score (nSPS) is 17.6. The number of Topliss-reactive ketones (excluding diaryl/α,β-unsaturated/α-hetero) is 1. The lowest BCUT2D eigenvalue weighted by Crippen LogP contribution is -2.61. The van der Waals surface area contributed by atoms with Crippen molar-refractivity contribution in [3.05, 3.63) is 0 Å². The zero-order chi connectivity index (χ0) is 43.7. The highest BCUT2D eigenvalue weighted by Gasteiger charge is 2.44. The summed E-state index contributed by atoms with van der Waals surface area (Å²) in [5.74, 6) is -12.6. The van der Waals surface area contributed by atoms with Crippen LogP contribution in [0.1, 0.15) is 93.4 Å². The average molecular weight is 812 g/mol. The van der Waals surface area contributed by atoms with Crippen molar-refractivity contribution in [1.82, 2.24) is 36.8 Å². The quantitative estimate of drug-likeness (QED) is 0.0490. The topological polar surface area (TPSA) is 324 Å². The molecule has 0 aromatic carbocycles. The van der Waals surface area contributed by atoms with Crippen LogP contribution in [0.25, 0.3) is 0 Å². The molecule has 1 rings (SSSR count). The molecule has 0 radical (unpaired) electrons. The molecule has 0 saturated carbocycles. The fourth-order valence-electron chi connectivity index (χ4n) is 6.12. The molecular formula is C36H57N7O14. The SMILES string of the molecule is CCC[C@H](NC(=O)C1[C@@H](C)CCN1C(=O)[C@@H](NC(=O)[C@@H](NC(=O)[C@H](CCC(=O)O)NC(=O)[C@H](CCC(=O)O)NC(C)=O)C(C)C)C(C)C)C(=O)C(=O)NCC(=O)O. The fraction of sp³-hybridized carbons (Fsp3) is 0.694. The van der Waals surface area contributed by atoms with E-state index >= 15 is 0 Å². The third-order valence-corrected chi connectivity index (χ3v) is 9.18. The molecule has 1 fully saturated rings. The van der Waals surface area contributed by atoms with Crippen LogP contribution in [0.5, 0.6) is 0 Å². The van der Waals surface area contributed by atoms with Crippen molar-refractivity contribution >= 4 is 65.0 Å². The Hall–Kier alpha value is -5.63. The Morgan fingerprint density at radius 3 is 1.63 bits per heavy atom. The maximum Gasteiger partial charge on any atom is 0.322 e. The summed E-state index contributed by atoms with van der Waals surface area (Å²) >= 11 is 0. The van der Waals surface area contributed by atoms with Gasteiger partial charge in [-0.15, -0.1) is 0 Å². The minimum absolute atomic E-state index is 0.0502. The number of hydrogen-bond acceptors (Lipinski definition) is 11. The molecule has 21 nitrogen and oxygen atoms in total. The standard InChI is InChI=1S/C36H57N7O14/c1-8-9-21(30(51)35(56)37-16-26(49)50)39-34(55)29-19(6)14-15-43(29)36(57)28(18(4)5)42-33(54)27(17(2)3)41-32(53)23(11-13-25(47)48)40-31(52)22(38-20(7)44)10-12-24(45)46/h17-19,21-23,27-29H,8-16H2,1-7H3,(H,37,56)(H,38,44)(H,39,55)(H,40,52)(H,41,53)(H,42,54)(H,45,46)(H,47,48)(H,49,50)/t19-,21-,22-,23-,27-,28-,29?/m0/s1. The van der Waals surface area contributed by atoms with E-state index in [0.29, 0.717) is 12.8 Å². The molecule has 0 bridgehead atoms. The van der Waals surface area contributed by atoms with E-state index in [1.807, 2.05) is 5.32 Å². The summed E-state index contributed by atoms with van der Waals surface area (Å²) in [4.78, 5) is 140. The van der Waals surface area contributed by atoms with Crippen molar-refractivity contribution in [2.45, 2.75) is 130 Å². The van der Waals surface area contributed by atoms with Crippen LogP contribution >= 0.6 is 0 Å². The third-order valence-electron chi connectivity index (χ3n) is 9.18. The molecule has 57 heavy (non-hydrogen) atoms. The number of carbonyl (C=O) groups excluding carboxylic acids is 8. The number of amides is 7. The first-order valence-electron chi connectivity index (χ1n) is 18.8. The van der Waals surface area contributed by atoms with Crippen molar-refractivity contribution in [2.75, 3.05) is 13.1 Å². The Morgan fingerprint density at radius 2 is 1.16 bits per heavy atom. The Kier molecular flexibility index (Phi) is 20.3. The number of likely N-dealkylation sites (tertiary alicyclic amines) is 1. The van der Waals surface area contributed by atoms with Gasteiger partial charge in [-0.2, -0.15) is 0 Å². The van der Waals surface area contributed by atoms with Gasteiger partial charge in [-0.05, 0) is 43.4 Å². The molecule has 1 aliphatic rings. The number of carbonyl (C=O) groups is 11. The first-order valence-corrected chi connectivity index (χ1v) is 18.8. The van der Waals surface area contributed by atoms with Gasteiger partial charge in [0.2, 0.25) is 41.2 Å². The Balaban J connectivity index is 3.28.